The lowest BCUT2D eigenvalue weighted by Gasteiger charge is -2.10. The van der Waals surface area contributed by atoms with Gasteiger partial charge in [0, 0.05) is 32.0 Å². The van der Waals surface area contributed by atoms with Crippen molar-refractivity contribution in [3.05, 3.63) is 23.8 Å². The van der Waals surface area contributed by atoms with Crippen LogP contribution in [0.3, 0.4) is 0 Å². The zero-order chi connectivity index (χ0) is 12.0. The predicted octanol–water partition coefficient (Wildman–Crippen LogP) is 1.33. The second-order valence-electron chi connectivity index (χ2n) is 4.13. The molecule has 2 atom stereocenters. The first-order chi connectivity index (χ1) is 7.65. The number of nitrogens with two attached hydrogens (primary N) is 1. The molecule has 0 saturated heterocycles. The fourth-order valence-corrected chi connectivity index (χ4v) is 1.38. The van der Waals surface area contributed by atoms with E-state index >= 15 is 0 Å². The summed E-state index contributed by atoms with van der Waals surface area (Å²) in [5, 5.41) is 0. The second kappa shape index (κ2) is 6.55. The second-order valence-corrected chi connectivity index (χ2v) is 4.13. The van der Waals surface area contributed by atoms with Gasteiger partial charge in [0.2, 0.25) is 0 Å². The average Bonchev–Trinajstić information content (AvgIpc) is 2.31. The van der Waals surface area contributed by atoms with E-state index in [9.17, 15) is 0 Å². The highest BCUT2D eigenvalue weighted by Gasteiger charge is 2.06. The van der Waals surface area contributed by atoms with Crippen LogP contribution in [0.5, 0.6) is 0 Å². The summed E-state index contributed by atoms with van der Waals surface area (Å²) >= 11 is 0. The lowest BCUT2D eigenvalue weighted by molar-refractivity contribution is 0.117. The van der Waals surface area contributed by atoms with Crippen LogP contribution in [0.25, 0.3) is 0 Å². The number of methoxy groups -OCH3 is 1. The van der Waals surface area contributed by atoms with Gasteiger partial charge in [-0.05, 0) is 25.3 Å². The Labute approximate surface area is 97.2 Å². The summed E-state index contributed by atoms with van der Waals surface area (Å²) in [7, 11) is 1.69. The van der Waals surface area contributed by atoms with Gasteiger partial charge in [-0.2, -0.15) is 0 Å². The van der Waals surface area contributed by atoms with Gasteiger partial charge in [-0.3, -0.25) is 0 Å². The molecule has 4 heteroatoms. The zero-order valence-corrected chi connectivity index (χ0v) is 10.3. The number of rotatable bonds is 6. The molecule has 1 aromatic heterocycles. The van der Waals surface area contributed by atoms with Crippen molar-refractivity contribution < 1.29 is 4.74 Å². The Morgan fingerprint density at radius 2 is 1.94 bits per heavy atom. The number of hydrogen-bond donors (Lipinski definition) is 1. The number of hydrogen-bond acceptors (Lipinski definition) is 4. The van der Waals surface area contributed by atoms with Crippen molar-refractivity contribution in [2.24, 2.45) is 5.73 Å². The van der Waals surface area contributed by atoms with Gasteiger partial charge in [0.05, 0.1) is 6.10 Å². The largest absolute Gasteiger partial charge is 0.381 e. The topological polar surface area (TPSA) is 61.0 Å². The van der Waals surface area contributed by atoms with Crippen molar-refractivity contribution in [3.63, 3.8) is 0 Å². The van der Waals surface area contributed by atoms with Gasteiger partial charge in [-0.25, -0.2) is 9.97 Å². The average molecular weight is 223 g/mol. The van der Waals surface area contributed by atoms with E-state index in [0.717, 1.165) is 30.7 Å². The van der Waals surface area contributed by atoms with Crippen LogP contribution in [0.1, 0.15) is 31.7 Å². The first-order valence-corrected chi connectivity index (χ1v) is 5.73. The fraction of sp³-hybridized carbons (Fsp3) is 0.667. The highest BCUT2D eigenvalue weighted by atomic mass is 16.5. The van der Waals surface area contributed by atoms with Gasteiger partial charge in [0.25, 0.3) is 0 Å². The summed E-state index contributed by atoms with van der Waals surface area (Å²) in [5.41, 5.74) is 6.97. The van der Waals surface area contributed by atoms with Crippen LogP contribution in [0, 0.1) is 0 Å². The van der Waals surface area contributed by atoms with Gasteiger partial charge in [-0.1, -0.05) is 6.92 Å². The molecule has 1 rings (SSSR count). The van der Waals surface area contributed by atoms with Crippen LogP contribution < -0.4 is 5.73 Å². The highest BCUT2D eigenvalue weighted by Crippen LogP contribution is 2.04. The molecule has 16 heavy (non-hydrogen) atoms. The summed E-state index contributed by atoms with van der Waals surface area (Å²) in [5.74, 6) is 0.822. The molecule has 2 N–H and O–H groups in total. The SMILES string of the molecule is CCC(N)Cc1cnc(CC(C)OC)nc1. The van der Waals surface area contributed by atoms with E-state index < -0.39 is 0 Å². The molecule has 2 unspecified atom stereocenters. The molecular formula is C12H21N3O. The summed E-state index contributed by atoms with van der Waals surface area (Å²) in [6.45, 7) is 4.09. The molecule has 0 fully saturated rings. The van der Waals surface area contributed by atoms with Gasteiger partial charge in [0.15, 0.2) is 0 Å². The van der Waals surface area contributed by atoms with Gasteiger partial charge < -0.3 is 10.5 Å². The van der Waals surface area contributed by atoms with Gasteiger partial charge >= 0.3 is 0 Å². The van der Waals surface area contributed by atoms with Crippen molar-refractivity contribution in [3.8, 4) is 0 Å². The molecule has 0 spiro atoms. The standard InChI is InChI=1S/C12H21N3O/c1-4-11(13)6-10-7-14-12(15-8-10)5-9(2)16-3/h7-9,11H,4-6,13H2,1-3H3. The molecule has 90 valence electrons. The van der Waals surface area contributed by atoms with E-state index in [1.54, 1.807) is 7.11 Å². The zero-order valence-electron chi connectivity index (χ0n) is 10.3. The minimum absolute atomic E-state index is 0.156. The van der Waals surface area contributed by atoms with Crippen LogP contribution in [0.4, 0.5) is 0 Å². The van der Waals surface area contributed by atoms with Crippen LogP contribution in [-0.4, -0.2) is 29.2 Å². The van der Waals surface area contributed by atoms with Crippen molar-refractivity contribution in [2.75, 3.05) is 7.11 Å². The van der Waals surface area contributed by atoms with Crippen molar-refractivity contribution in [1.29, 1.82) is 0 Å². The first kappa shape index (κ1) is 13.1. The summed E-state index contributed by atoms with van der Waals surface area (Å²) < 4.78 is 5.17. The first-order valence-electron chi connectivity index (χ1n) is 5.73. The van der Waals surface area contributed by atoms with Crippen molar-refractivity contribution in [2.45, 2.75) is 45.3 Å². The van der Waals surface area contributed by atoms with E-state index in [0.29, 0.717) is 0 Å². The molecule has 4 nitrogen and oxygen atoms in total. The molecule has 0 saturated carbocycles. The summed E-state index contributed by atoms with van der Waals surface area (Å²) in [4.78, 5) is 8.61. The van der Waals surface area contributed by atoms with Crippen LogP contribution in [-0.2, 0) is 17.6 Å². The lowest BCUT2D eigenvalue weighted by Crippen LogP contribution is -2.21. The molecule has 0 amide bonds. The Balaban J connectivity index is 2.54. The maximum atomic E-state index is 5.87. The van der Waals surface area contributed by atoms with E-state index in [1.165, 1.54) is 0 Å². The van der Waals surface area contributed by atoms with E-state index in [2.05, 4.69) is 16.9 Å². The maximum absolute atomic E-state index is 5.87. The predicted molar refractivity (Wildman–Crippen MR) is 64.2 cm³/mol. The van der Waals surface area contributed by atoms with Crippen LogP contribution in [0.2, 0.25) is 0 Å². The Kier molecular flexibility index (Phi) is 5.35. The molecule has 0 aliphatic rings. The van der Waals surface area contributed by atoms with Crippen molar-refractivity contribution in [1.82, 2.24) is 9.97 Å². The molecule has 0 bridgehead atoms. The number of ether oxygens (including phenoxy) is 1. The van der Waals surface area contributed by atoms with E-state index in [-0.39, 0.29) is 12.1 Å². The summed E-state index contributed by atoms with van der Waals surface area (Å²) in [6.07, 6.45) is 6.44. The number of nitrogens with zero attached hydrogens (tertiary/aromatic N) is 2. The van der Waals surface area contributed by atoms with E-state index in [4.69, 9.17) is 10.5 Å². The lowest BCUT2D eigenvalue weighted by atomic mass is 10.1. The van der Waals surface area contributed by atoms with Crippen molar-refractivity contribution >= 4 is 0 Å². The molecule has 0 aliphatic heterocycles. The Hall–Kier alpha value is -1.00. The molecule has 0 aliphatic carbocycles. The minimum Gasteiger partial charge on any atom is -0.381 e. The Bertz CT molecular complexity index is 269. The normalized spacial score (nSPS) is 14.8. The molecular weight excluding hydrogens is 202 g/mol. The monoisotopic (exact) mass is 223 g/mol. The van der Waals surface area contributed by atoms with E-state index in [1.807, 2.05) is 19.3 Å². The Morgan fingerprint density at radius 3 is 2.44 bits per heavy atom. The number of aromatic nitrogens is 2. The van der Waals surface area contributed by atoms with Gasteiger partial charge in [0.1, 0.15) is 5.82 Å². The minimum atomic E-state index is 0.156. The highest BCUT2D eigenvalue weighted by molar-refractivity contribution is 5.07. The quantitative estimate of drug-likeness (QED) is 0.790. The fourth-order valence-electron chi connectivity index (χ4n) is 1.38. The van der Waals surface area contributed by atoms with Gasteiger partial charge in [-0.15, -0.1) is 0 Å². The maximum Gasteiger partial charge on any atom is 0.130 e. The van der Waals surface area contributed by atoms with Crippen LogP contribution in [0.15, 0.2) is 12.4 Å². The third-order valence-electron chi connectivity index (χ3n) is 2.65. The Morgan fingerprint density at radius 1 is 1.31 bits per heavy atom. The molecule has 1 heterocycles. The third-order valence-corrected chi connectivity index (χ3v) is 2.65. The third kappa shape index (κ3) is 4.24. The van der Waals surface area contributed by atoms with Crippen LogP contribution >= 0.6 is 0 Å². The molecule has 0 radical (unpaired) electrons. The smallest absolute Gasteiger partial charge is 0.130 e. The molecule has 1 aromatic rings. The summed E-state index contributed by atoms with van der Waals surface area (Å²) in [6, 6.07) is 0.201. The molecule has 0 aromatic carbocycles.